The number of aryl methyl sites for hydroxylation is 1. The molecule has 1 N–H and O–H groups in total. The largest absolute Gasteiger partial charge is 0.492 e. The first-order valence-electron chi connectivity index (χ1n) is 11.8. The summed E-state index contributed by atoms with van der Waals surface area (Å²) in [5.74, 6) is 0.600. The monoisotopic (exact) mass is 450 g/mol. The van der Waals surface area contributed by atoms with Gasteiger partial charge in [0, 0.05) is 17.5 Å². The van der Waals surface area contributed by atoms with Crippen molar-refractivity contribution in [2.45, 2.75) is 38.2 Å². The van der Waals surface area contributed by atoms with Crippen LogP contribution in [0.3, 0.4) is 0 Å². The minimum Gasteiger partial charge on any atom is -0.492 e. The number of ether oxygens (including phenoxy) is 2. The van der Waals surface area contributed by atoms with Crippen LogP contribution in [0.1, 0.15) is 47.1 Å². The number of carboxylic acids is 1. The number of carbonyl (C=O) groups is 1. The van der Waals surface area contributed by atoms with Gasteiger partial charge in [-0.15, -0.1) is 0 Å². The van der Waals surface area contributed by atoms with Gasteiger partial charge in [0.05, 0.1) is 13.0 Å². The van der Waals surface area contributed by atoms with E-state index in [1.165, 1.54) is 38.6 Å². The summed E-state index contributed by atoms with van der Waals surface area (Å²) >= 11 is 0. The zero-order valence-electron chi connectivity index (χ0n) is 19.1. The summed E-state index contributed by atoms with van der Waals surface area (Å²) in [5.41, 5.74) is 7.46. The normalized spacial score (nSPS) is 18.4. The second-order valence-corrected chi connectivity index (χ2v) is 9.30. The van der Waals surface area contributed by atoms with E-state index < -0.39 is 5.97 Å². The lowest BCUT2D eigenvalue weighted by Crippen LogP contribution is -2.07. The Morgan fingerprint density at radius 1 is 1.03 bits per heavy atom. The van der Waals surface area contributed by atoms with E-state index in [-0.39, 0.29) is 18.4 Å². The van der Waals surface area contributed by atoms with Crippen LogP contribution >= 0.6 is 0 Å². The highest BCUT2D eigenvalue weighted by Gasteiger charge is 2.30. The van der Waals surface area contributed by atoms with E-state index in [0.29, 0.717) is 6.61 Å². The molecule has 1 heterocycles. The summed E-state index contributed by atoms with van der Waals surface area (Å²) in [6.07, 6.45) is 1.97. The van der Waals surface area contributed by atoms with E-state index in [1.807, 2.05) is 18.2 Å². The molecule has 4 heteroatoms. The van der Waals surface area contributed by atoms with Gasteiger partial charge in [-0.1, -0.05) is 60.7 Å². The molecule has 2 atom stereocenters. The standard InChI is InChI=1S/C30H26O4/c1-18-9-10-19-5-2-3-6-23(19)30(18)26-8-4-7-25-24(26)13-14-27(25)34-21-11-12-22-20(15-29(31)32)17-33-28(22)16-21/h2-12,16,20,27H,13-15,17H2,1H3,(H,31,32). The molecule has 4 aromatic rings. The zero-order valence-corrected chi connectivity index (χ0v) is 19.1. The molecule has 2 aliphatic rings. The molecule has 1 aliphatic heterocycles. The molecule has 6 rings (SSSR count). The van der Waals surface area contributed by atoms with Crippen molar-refractivity contribution in [3.63, 3.8) is 0 Å². The molecule has 0 saturated carbocycles. The van der Waals surface area contributed by atoms with E-state index >= 15 is 0 Å². The predicted molar refractivity (Wildman–Crippen MR) is 133 cm³/mol. The highest BCUT2D eigenvalue weighted by Crippen LogP contribution is 2.44. The lowest BCUT2D eigenvalue weighted by Gasteiger charge is -2.18. The molecule has 0 saturated heterocycles. The molecule has 2 unspecified atom stereocenters. The molecule has 0 amide bonds. The van der Waals surface area contributed by atoms with Crippen molar-refractivity contribution >= 4 is 16.7 Å². The van der Waals surface area contributed by atoms with Gasteiger partial charge < -0.3 is 14.6 Å². The Morgan fingerprint density at radius 2 is 1.91 bits per heavy atom. The van der Waals surface area contributed by atoms with Crippen LogP contribution in [0.15, 0.2) is 72.8 Å². The van der Waals surface area contributed by atoms with Crippen LogP contribution in [0.2, 0.25) is 0 Å². The Kier molecular flexibility index (Phi) is 5.02. The van der Waals surface area contributed by atoms with Crippen LogP contribution in [0, 0.1) is 6.92 Å². The first kappa shape index (κ1) is 20.8. The van der Waals surface area contributed by atoms with Crippen molar-refractivity contribution in [1.29, 1.82) is 0 Å². The Labute approximate surface area is 198 Å². The van der Waals surface area contributed by atoms with Crippen LogP contribution in [-0.2, 0) is 11.2 Å². The van der Waals surface area contributed by atoms with E-state index in [9.17, 15) is 4.79 Å². The fourth-order valence-electron chi connectivity index (χ4n) is 5.59. The number of hydrogen-bond donors (Lipinski definition) is 1. The Bertz CT molecular complexity index is 1420. The average molecular weight is 451 g/mol. The van der Waals surface area contributed by atoms with Gasteiger partial charge in [-0.2, -0.15) is 0 Å². The minimum absolute atomic E-state index is 0.0143. The van der Waals surface area contributed by atoms with Crippen LogP contribution in [0.4, 0.5) is 0 Å². The summed E-state index contributed by atoms with van der Waals surface area (Å²) in [6, 6.07) is 25.4. The van der Waals surface area contributed by atoms with E-state index in [2.05, 4.69) is 61.5 Å². The molecule has 0 aromatic heterocycles. The molecule has 0 bridgehead atoms. The van der Waals surface area contributed by atoms with E-state index in [4.69, 9.17) is 14.6 Å². The van der Waals surface area contributed by atoms with Gasteiger partial charge in [0.2, 0.25) is 0 Å². The fraction of sp³-hybridized carbons (Fsp3) is 0.233. The molecule has 0 spiro atoms. The van der Waals surface area contributed by atoms with Crippen LogP contribution in [-0.4, -0.2) is 17.7 Å². The maximum absolute atomic E-state index is 11.1. The summed E-state index contributed by atoms with van der Waals surface area (Å²) in [6.45, 7) is 2.59. The molecule has 170 valence electrons. The highest BCUT2D eigenvalue weighted by molar-refractivity contribution is 5.99. The average Bonchev–Trinajstić information content (AvgIpc) is 3.43. The third kappa shape index (κ3) is 3.50. The van der Waals surface area contributed by atoms with E-state index in [1.54, 1.807) is 0 Å². The van der Waals surface area contributed by atoms with Gasteiger partial charge in [-0.25, -0.2) is 0 Å². The molecule has 0 fully saturated rings. The third-order valence-electron chi connectivity index (χ3n) is 7.19. The number of aliphatic carboxylic acids is 1. The molecule has 1 aliphatic carbocycles. The van der Waals surface area contributed by atoms with Crippen molar-refractivity contribution in [3.05, 3.63) is 95.1 Å². The lowest BCUT2D eigenvalue weighted by molar-refractivity contribution is -0.137. The smallest absolute Gasteiger partial charge is 0.304 e. The maximum atomic E-state index is 11.1. The molecular formula is C30H26O4. The topological polar surface area (TPSA) is 55.8 Å². The van der Waals surface area contributed by atoms with Gasteiger partial charge in [0.15, 0.2) is 0 Å². The van der Waals surface area contributed by atoms with Gasteiger partial charge in [0.1, 0.15) is 17.6 Å². The SMILES string of the molecule is Cc1ccc2ccccc2c1-c1cccc2c1CCC2Oc1ccc2c(c1)OCC2CC(=O)O. The molecule has 34 heavy (non-hydrogen) atoms. The zero-order chi connectivity index (χ0) is 23.2. The Morgan fingerprint density at radius 3 is 2.79 bits per heavy atom. The molecular weight excluding hydrogens is 424 g/mol. The van der Waals surface area contributed by atoms with E-state index in [0.717, 1.165) is 29.9 Å². The second-order valence-electron chi connectivity index (χ2n) is 9.30. The molecule has 0 radical (unpaired) electrons. The van der Waals surface area contributed by atoms with Crippen molar-refractivity contribution in [1.82, 2.24) is 0 Å². The summed E-state index contributed by atoms with van der Waals surface area (Å²) in [4.78, 5) is 11.1. The number of fused-ring (bicyclic) bond motifs is 3. The number of rotatable bonds is 5. The van der Waals surface area contributed by atoms with Gasteiger partial charge in [-0.3, -0.25) is 4.79 Å². The minimum atomic E-state index is -0.804. The summed E-state index contributed by atoms with van der Waals surface area (Å²) in [7, 11) is 0. The lowest BCUT2D eigenvalue weighted by atomic mass is 9.90. The van der Waals surface area contributed by atoms with Crippen molar-refractivity contribution in [2.24, 2.45) is 0 Å². The van der Waals surface area contributed by atoms with Gasteiger partial charge >= 0.3 is 5.97 Å². The first-order chi connectivity index (χ1) is 16.6. The van der Waals surface area contributed by atoms with Crippen LogP contribution < -0.4 is 9.47 Å². The fourth-order valence-corrected chi connectivity index (χ4v) is 5.59. The summed E-state index contributed by atoms with van der Waals surface area (Å²) in [5, 5.41) is 11.7. The van der Waals surface area contributed by atoms with Crippen LogP contribution in [0.5, 0.6) is 11.5 Å². The summed E-state index contributed by atoms with van der Waals surface area (Å²) < 4.78 is 12.2. The Balaban J connectivity index is 1.32. The first-order valence-corrected chi connectivity index (χ1v) is 11.8. The van der Waals surface area contributed by atoms with Crippen LogP contribution in [0.25, 0.3) is 21.9 Å². The number of hydrogen-bond acceptors (Lipinski definition) is 3. The predicted octanol–water partition coefficient (Wildman–Crippen LogP) is 6.83. The maximum Gasteiger partial charge on any atom is 0.304 e. The van der Waals surface area contributed by atoms with Crippen molar-refractivity contribution in [2.75, 3.05) is 6.61 Å². The number of benzene rings is 4. The highest BCUT2D eigenvalue weighted by atomic mass is 16.5. The quantitative estimate of drug-likeness (QED) is 0.362. The van der Waals surface area contributed by atoms with Crippen molar-refractivity contribution < 1.29 is 19.4 Å². The Hall–Kier alpha value is -3.79. The third-order valence-corrected chi connectivity index (χ3v) is 7.19. The second kappa shape index (κ2) is 8.21. The van der Waals surface area contributed by atoms with Gasteiger partial charge in [0.25, 0.3) is 0 Å². The number of carboxylic acid groups (broad SMARTS) is 1. The van der Waals surface area contributed by atoms with Gasteiger partial charge in [-0.05, 0) is 64.4 Å². The molecule has 4 nitrogen and oxygen atoms in total. The molecule has 4 aromatic carbocycles. The van der Waals surface area contributed by atoms with Crippen molar-refractivity contribution in [3.8, 4) is 22.6 Å².